The van der Waals surface area contributed by atoms with Gasteiger partial charge in [-0.25, -0.2) is 4.79 Å². The van der Waals surface area contributed by atoms with Crippen molar-refractivity contribution in [2.24, 2.45) is 5.41 Å². The van der Waals surface area contributed by atoms with E-state index in [0.29, 0.717) is 6.42 Å². The average Bonchev–Trinajstić information content (AvgIpc) is 2.36. The normalized spacial score (nSPS) is 10.7. The second kappa shape index (κ2) is 8.30. The van der Waals surface area contributed by atoms with E-state index in [4.69, 9.17) is 5.11 Å². The lowest BCUT2D eigenvalue weighted by atomic mass is 9.95. The van der Waals surface area contributed by atoms with Crippen LogP contribution in [0.15, 0.2) is 48.6 Å². The van der Waals surface area contributed by atoms with E-state index in [1.54, 1.807) is 6.92 Å². The number of rotatable bonds is 3. The number of hydrogen-bond acceptors (Lipinski definition) is 1. The number of aliphatic carboxylic acids is 1. The molecule has 0 aliphatic heterocycles. The Morgan fingerprint density at radius 2 is 1.79 bits per heavy atom. The van der Waals surface area contributed by atoms with Crippen LogP contribution in [-0.2, 0) is 4.79 Å². The van der Waals surface area contributed by atoms with E-state index in [-0.39, 0.29) is 11.0 Å². The van der Waals surface area contributed by atoms with Gasteiger partial charge in [-0.3, -0.25) is 0 Å². The number of carboxylic acids is 1. The lowest BCUT2D eigenvalue weighted by molar-refractivity contribution is -0.132. The predicted octanol–water partition coefficient (Wildman–Crippen LogP) is 4.78. The van der Waals surface area contributed by atoms with Crippen LogP contribution in [0, 0.1) is 5.41 Å². The zero-order chi connectivity index (χ0) is 14.9. The highest BCUT2D eigenvalue weighted by molar-refractivity contribution is 5.85. The maximum absolute atomic E-state index is 9.83. The van der Waals surface area contributed by atoms with Gasteiger partial charge in [0.2, 0.25) is 0 Å². The summed E-state index contributed by atoms with van der Waals surface area (Å²) in [5.41, 5.74) is 1.81. The van der Waals surface area contributed by atoms with Crippen LogP contribution >= 0.6 is 0 Å². The molecule has 104 valence electrons. The van der Waals surface area contributed by atoms with Gasteiger partial charge in [-0.05, 0) is 17.4 Å². The number of carbonyl (C=O) groups is 1. The molecule has 1 N–H and O–H groups in total. The summed E-state index contributed by atoms with van der Waals surface area (Å²) >= 11 is 0. The molecule has 0 saturated carbocycles. The molecule has 0 aliphatic carbocycles. The summed E-state index contributed by atoms with van der Waals surface area (Å²) in [7, 11) is 0. The molecule has 1 aromatic carbocycles. The summed E-state index contributed by atoms with van der Waals surface area (Å²) in [6, 6.07) is 10.4. The summed E-state index contributed by atoms with van der Waals surface area (Å²) in [6.45, 7) is 11.6. The third-order valence-electron chi connectivity index (χ3n) is 2.30. The van der Waals surface area contributed by atoms with E-state index >= 15 is 0 Å². The van der Waals surface area contributed by atoms with Crippen LogP contribution in [0.3, 0.4) is 0 Å². The Labute approximate surface area is 116 Å². The summed E-state index contributed by atoms with van der Waals surface area (Å²) in [5.74, 6) is -0.900. The molecule has 0 heterocycles. The van der Waals surface area contributed by atoms with Gasteiger partial charge in [0.1, 0.15) is 0 Å². The maximum atomic E-state index is 9.83. The molecule has 1 aromatic rings. The van der Waals surface area contributed by atoms with Crippen LogP contribution < -0.4 is 0 Å². The molecule has 19 heavy (non-hydrogen) atoms. The molecular weight excluding hydrogens is 236 g/mol. The molecule has 0 aromatic heterocycles. The van der Waals surface area contributed by atoms with Crippen molar-refractivity contribution in [1.29, 1.82) is 0 Å². The number of allylic oxidation sites excluding steroid dienone is 1. The van der Waals surface area contributed by atoms with Gasteiger partial charge >= 0.3 is 5.97 Å². The van der Waals surface area contributed by atoms with E-state index in [2.05, 4.69) is 63.8 Å². The molecule has 2 nitrogen and oxygen atoms in total. The van der Waals surface area contributed by atoms with Gasteiger partial charge in [0.05, 0.1) is 0 Å². The maximum Gasteiger partial charge on any atom is 0.330 e. The highest BCUT2D eigenvalue weighted by atomic mass is 16.4. The van der Waals surface area contributed by atoms with Gasteiger partial charge in [-0.2, -0.15) is 0 Å². The summed E-state index contributed by atoms with van der Waals surface area (Å²) in [5, 5.41) is 8.08. The third-order valence-corrected chi connectivity index (χ3v) is 2.30. The first-order chi connectivity index (χ1) is 8.76. The SMILES string of the molecule is C=C(CC)C(=O)O.CC(C)(C)C=Cc1ccccc1. The van der Waals surface area contributed by atoms with Crippen LogP contribution in [0.1, 0.15) is 39.7 Å². The van der Waals surface area contributed by atoms with Crippen molar-refractivity contribution in [1.82, 2.24) is 0 Å². The summed E-state index contributed by atoms with van der Waals surface area (Å²) < 4.78 is 0. The molecule has 0 amide bonds. The molecule has 0 radical (unpaired) electrons. The molecule has 0 fully saturated rings. The fourth-order valence-corrected chi connectivity index (χ4v) is 1.06. The smallest absolute Gasteiger partial charge is 0.330 e. The van der Waals surface area contributed by atoms with Gasteiger partial charge in [0, 0.05) is 5.57 Å². The van der Waals surface area contributed by atoms with E-state index in [1.807, 2.05) is 6.07 Å². The summed E-state index contributed by atoms with van der Waals surface area (Å²) in [4.78, 5) is 9.83. The van der Waals surface area contributed by atoms with Gasteiger partial charge in [-0.15, -0.1) is 0 Å². The fourth-order valence-electron chi connectivity index (χ4n) is 1.06. The minimum absolute atomic E-state index is 0.264. The third kappa shape index (κ3) is 9.83. The molecule has 0 atom stereocenters. The van der Waals surface area contributed by atoms with Crippen LogP contribution in [0.2, 0.25) is 0 Å². The topological polar surface area (TPSA) is 37.3 Å². The Morgan fingerprint density at radius 1 is 1.26 bits per heavy atom. The van der Waals surface area contributed by atoms with Gasteiger partial charge in [-0.1, -0.05) is 76.8 Å². The Balaban J connectivity index is 0.000000399. The largest absolute Gasteiger partial charge is 0.478 e. The summed E-state index contributed by atoms with van der Waals surface area (Å²) in [6.07, 6.45) is 4.91. The minimum atomic E-state index is -0.900. The predicted molar refractivity (Wildman–Crippen MR) is 82.0 cm³/mol. The second-order valence-electron chi connectivity index (χ2n) is 5.37. The standard InChI is InChI=1S/C12H16.C5H8O2/c1-12(2,3)10-9-11-7-5-4-6-8-11;1-3-4(2)5(6)7/h4-10H,1-3H3;2-3H2,1H3,(H,6,7). The number of carboxylic acid groups (broad SMARTS) is 1. The van der Waals surface area contributed by atoms with Crippen LogP contribution in [-0.4, -0.2) is 11.1 Å². The minimum Gasteiger partial charge on any atom is -0.478 e. The molecule has 0 unspecified atom stereocenters. The fraction of sp³-hybridized carbons (Fsp3) is 0.353. The van der Waals surface area contributed by atoms with Gasteiger partial charge in [0.15, 0.2) is 0 Å². The Kier molecular flexibility index (Phi) is 7.50. The quantitative estimate of drug-likeness (QED) is 0.794. The van der Waals surface area contributed by atoms with Crippen molar-refractivity contribution >= 4 is 12.0 Å². The van der Waals surface area contributed by atoms with Crippen molar-refractivity contribution in [3.05, 3.63) is 54.1 Å². The van der Waals surface area contributed by atoms with E-state index < -0.39 is 5.97 Å². The monoisotopic (exact) mass is 260 g/mol. The Bertz CT molecular complexity index is 422. The van der Waals surface area contributed by atoms with Crippen molar-refractivity contribution in [3.8, 4) is 0 Å². The van der Waals surface area contributed by atoms with Crippen molar-refractivity contribution < 1.29 is 9.90 Å². The second-order valence-corrected chi connectivity index (χ2v) is 5.37. The van der Waals surface area contributed by atoms with Gasteiger partial charge < -0.3 is 5.11 Å². The first kappa shape index (κ1) is 17.2. The number of hydrogen-bond donors (Lipinski definition) is 1. The first-order valence-electron chi connectivity index (χ1n) is 6.41. The number of benzene rings is 1. The zero-order valence-corrected chi connectivity index (χ0v) is 12.3. The molecule has 0 aliphatic rings. The highest BCUT2D eigenvalue weighted by Gasteiger charge is 2.02. The molecule has 2 heteroatoms. The van der Waals surface area contributed by atoms with E-state index in [1.165, 1.54) is 5.56 Å². The van der Waals surface area contributed by atoms with Gasteiger partial charge in [0.25, 0.3) is 0 Å². The van der Waals surface area contributed by atoms with Crippen LogP contribution in [0.5, 0.6) is 0 Å². The average molecular weight is 260 g/mol. The zero-order valence-electron chi connectivity index (χ0n) is 12.3. The van der Waals surface area contributed by atoms with Crippen molar-refractivity contribution in [2.75, 3.05) is 0 Å². The molecule has 0 spiro atoms. The van der Waals surface area contributed by atoms with E-state index in [9.17, 15) is 4.79 Å². The van der Waals surface area contributed by atoms with E-state index in [0.717, 1.165) is 0 Å². The molecule has 0 saturated heterocycles. The Morgan fingerprint density at radius 3 is 2.11 bits per heavy atom. The van der Waals surface area contributed by atoms with Crippen molar-refractivity contribution in [2.45, 2.75) is 34.1 Å². The molecule has 0 bridgehead atoms. The lowest BCUT2D eigenvalue weighted by Gasteiger charge is -2.10. The first-order valence-corrected chi connectivity index (χ1v) is 6.41. The van der Waals surface area contributed by atoms with Crippen molar-refractivity contribution in [3.63, 3.8) is 0 Å². The van der Waals surface area contributed by atoms with Crippen LogP contribution in [0.25, 0.3) is 6.08 Å². The lowest BCUT2D eigenvalue weighted by Crippen LogP contribution is -1.97. The Hall–Kier alpha value is -1.83. The molecule has 1 rings (SSSR count). The molecular formula is C17H24O2. The van der Waals surface area contributed by atoms with Crippen LogP contribution in [0.4, 0.5) is 0 Å². The highest BCUT2D eigenvalue weighted by Crippen LogP contribution is 2.16.